The molecular weight excluding hydrogens is 398 g/mol. The van der Waals surface area contributed by atoms with Crippen molar-refractivity contribution in [3.05, 3.63) is 40.9 Å². The van der Waals surface area contributed by atoms with Crippen molar-refractivity contribution in [1.82, 2.24) is 4.90 Å². The van der Waals surface area contributed by atoms with Crippen LogP contribution in [0.3, 0.4) is 0 Å². The molecule has 1 aliphatic carbocycles. The minimum atomic E-state index is -0.695. The van der Waals surface area contributed by atoms with Crippen molar-refractivity contribution in [2.45, 2.75) is 64.5 Å². The summed E-state index contributed by atoms with van der Waals surface area (Å²) in [5, 5.41) is 12.0. The molecule has 162 valence electrons. The summed E-state index contributed by atoms with van der Waals surface area (Å²) in [6.07, 6.45) is 7.23. The Morgan fingerprint density at radius 1 is 1.17 bits per heavy atom. The highest BCUT2D eigenvalue weighted by Crippen LogP contribution is 2.36. The van der Waals surface area contributed by atoms with E-state index in [1.807, 2.05) is 6.07 Å². The van der Waals surface area contributed by atoms with Crippen LogP contribution in [-0.2, 0) is 11.3 Å². The topological polar surface area (TPSA) is 49.8 Å². The molecule has 1 atom stereocenters. The first kappa shape index (κ1) is 21.5. The largest absolute Gasteiger partial charge is 0.489 e. The minimum absolute atomic E-state index is 0.249. The molecule has 2 fully saturated rings. The molecule has 0 amide bonds. The standard InChI is InChI=1S/C25H32ClNO3/c1-17-4-9-21(10-5-17)30-23-11-8-20-7-6-19(13-22(20)25(23)26)16-27-12-2-3-18(15-27)14-24(28)29/h6-8,11,13,17-18,21H,2-5,9-10,12,14-16H2,1H3,(H,28,29)/t17?,18-,21?/m1/s1. The van der Waals surface area contributed by atoms with Gasteiger partial charge < -0.3 is 9.84 Å². The second-order valence-corrected chi connectivity index (χ2v) is 9.65. The van der Waals surface area contributed by atoms with Crippen LogP contribution in [0.15, 0.2) is 30.3 Å². The number of hydrogen-bond acceptors (Lipinski definition) is 3. The number of fused-ring (bicyclic) bond motifs is 1. The van der Waals surface area contributed by atoms with E-state index in [1.165, 1.54) is 18.4 Å². The molecule has 0 spiro atoms. The molecule has 2 aromatic rings. The predicted octanol–water partition coefficient (Wildman–Crippen LogP) is 6.14. The number of piperidine rings is 1. The van der Waals surface area contributed by atoms with Crippen LogP contribution in [0.1, 0.15) is 57.4 Å². The van der Waals surface area contributed by atoms with Crippen molar-refractivity contribution in [1.29, 1.82) is 0 Å². The summed E-state index contributed by atoms with van der Waals surface area (Å²) >= 11 is 6.78. The van der Waals surface area contributed by atoms with Crippen LogP contribution in [0, 0.1) is 11.8 Å². The van der Waals surface area contributed by atoms with Gasteiger partial charge in [-0.25, -0.2) is 0 Å². The molecule has 0 radical (unpaired) electrons. The van der Waals surface area contributed by atoms with E-state index in [-0.39, 0.29) is 18.4 Å². The van der Waals surface area contributed by atoms with E-state index in [9.17, 15) is 4.79 Å². The average Bonchev–Trinajstić information content (AvgIpc) is 2.72. The quantitative estimate of drug-likeness (QED) is 0.599. The monoisotopic (exact) mass is 429 g/mol. The highest BCUT2D eigenvalue weighted by Gasteiger charge is 2.23. The van der Waals surface area contributed by atoms with Gasteiger partial charge in [-0.2, -0.15) is 0 Å². The molecule has 1 saturated carbocycles. The number of likely N-dealkylation sites (tertiary alicyclic amines) is 1. The smallest absolute Gasteiger partial charge is 0.303 e. The van der Waals surface area contributed by atoms with Gasteiger partial charge in [-0.3, -0.25) is 9.69 Å². The number of hydrogen-bond donors (Lipinski definition) is 1. The van der Waals surface area contributed by atoms with E-state index in [0.717, 1.165) is 67.8 Å². The Kier molecular flexibility index (Phi) is 6.84. The Bertz CT molecular complexity index is 891. The van der Waals surface area contributed by atoms with E-state index < -0.39 is 5.97 Å². The zero-order chi connectivity index (χ0) is 21.1. The summed E-state index contributed by atoms with van der Waals surface area (Å²) in [6, 6.07) is 10.6. The molecule has 1 N–H and O–H groups in total. The molecule has 4 nitrogen and oxygen atoms in total. The number of carboxylic acids is 1. The third-order valence-corrected chi connectivity index (χ3v) is 7.10. The Morgan fingerprint density at radius 3 is 2.70 bits per heavy atom. The van der Waals surface area contributed by atoms with Crippen molar-refractivity contribution < 1.29 is 14.6 Å². The van der Waals surface area contributed by atoms with Crippen LogP contribution in [0.5, 0.6) is 5.75 Å². The summed E-state index contributed by atoms with van der Waals surface area (Å²) in [6.45, 7) is 5.01. The van der Waals surface area contributed by atoms with E-state index in [2.05, 4.69) is 36.1 Å². The molecule has 1 heterocycles. The number of halogens is 1. The van der Waals surface area contributed by atoms with Crippen molar-refractivity contribution in [2.75, 3.05) is 13.1 Å². The van der Waals surface area contributed by atoms with Gasteiger partial charge in [0.1, 0.15) is 5.75 Å². The van der Waals surface area contributed by atoms with Gasteiger partial charge in [0.2, 0.25) is 0 Å². The normalized spacial score (nSPS) is 25.3. The molecule has 1 saturated heterocycles. The fraction of sp³-hybridized carbons (Fsp3) is 0.560. The van der Waals surface area contributed by atoms with Gasteiger partial charge in [-0.05, 0) is 80.0 Å². The molecule has 0 unspecified atom stereocenters. The first-order chi connectivity index (χ1) is 14.5. The molecule has 2 aliphatic rings. The van der Waals surface area contributed by atoms with Gasteiger partial charge in [0, 0.05) is 24.9 Å². The lowest BCUT2D eigenvalue weighted by Gasteiger charge is -2.32. The van der Waals surface area contributed by atoms with Crippen molar-refractivity contribution in [3.8, 4) is 5.75 Å². The Balaban J connectivity index is 1.47. The third kappa shape index (κ3) is 5.28. The van der Waals surface area contributed by atoms with E-state index in [4.69, 9.17) is 21.4 Å². The first-order valence-corrected chi connectivity index (χ1v) is 11.7. The molecule has 1 aliphatic heterocycles. The van der Waals surface area contributed by atoms with E-state index >= 15 is 0 Å². The number of nitrogens with zero attached hydrogens (tertiary/aromatic N) is 1. The van der Waals surface area contributed by atoms with Crippen LogP contribution in [0.4, 0.5) is 0 Å². The van der Waals surface area contributed by atoms with Crippen molar-refractivity contribution >= 4 is 28.3 Å². The second-order valence-electron chi connectivity index (χ2n) is 9.27. The summed E-state index contributed by atoms with van der Waals surface area (Å²) in [4.78, 5) is 13.4. The first-order valence-electron chi connectivity index (χ1n) is 11.3. The van der Waals surface area contributed by atoms with Gasteiger partial charge in [-0.15, -0.1) is 0 Å². The molecule has 0 bridgehead atoms. The Morgan fingerprint density at radius 2 is 1.93 bits per heavy atom. The maximum absolute atomic E-state index is 11.1. The molecular formula is C25H32ClNO3. The average molecular weight is 430 g/mol. The lowest BCUT2D eigenvalue weighted by atomic mass is 9.89. The lowest BCUT2D eigenvalue weighted by Crippen LogP contribution is -2.35. The maximum Gasteiger partial charge on any atom is 0.303 e. The number of benzene rings is 2. The van der Waals surface area contributed by atoms with E-state index in [1.54, 1.807) is 0 Å². The van der Waals surface area contributed by atoms with Gasteiger partial charge in [-0.1, -0.05) is 36.7 Å². The minimum Gasteiger partial charge on any atom is -0.489 e. The number of rotatable bonds is 6. The highest BCUT2D eigenvalue weighted by molar-refractivity contribution is 6.37. The number of carboxylic acid groups (broad SMARTS) is 1. The highest BCUT2D eigenvalue weighted by atomic mass is 35.5. The van der Waals surface area contributed by atoms with Crippen molar-refractivity contribution in [3.63, 3.8) is 0 Å². The maximum atomic E-state index is 11.1. The van der Waals surface area contributed by atoms with Crippen LogP contribution >= 0.6 is 11.6 Å². The molecule has 5 heteroatoms. The molecule has 4 rings (SSSR count). The van der Waals surface area contributed by atoms with Crippen LogP contribution in [0.25, 0.3) is 10.8 Å². The van der Waals surface area contributed by atoms with Gasteiger partial charge >= 0.3 is 5.97 Å². The van der Waals surface area contributed by atoms with Gasteiger partial charge in [0.05, 0.1) is 11.1 Å². The SMILES string of the molecule is CC1CCC(Oc2ccc3ccc(CN4CCC[C@H](CC(=O)O)C4)cc3c2Cl)CC1. The Labute approximate surface area is 184 Å². The summed E-state index contributed by atoms with van der Waals surface area (Å²) in [7, 11) is 0. The van der Waals surface area contributed by atoms with Gasteiger partial charge in [0.15, 0.2) is 0 Å². The summed E-state index contributed by atoms with van der Waals surface area (Å²) < 4.78 is 6.29. The fourth-order valence-electron chi connectivity index (χ4n) is 4.99. The summed E-state index contributed by atoms with van der Waals surface area (Å²) in [5.41, 5.74) is 1.21. The Hall–Kier alpha value is -1.78. The van der Waals surface area contributed by atoms with Crippen LogP contribution < -0.4 is 4.74 Å². The molecule has 2 aromatic carbocycles. The number of carbonyl (C=O) groups is 1. The van der Waals surface area contributed by atoms with Crippen LogP contribution in [-0.4, -0.2) is 35.2 Å². The zero-order valence-electron chi connectivity index (χ0n) is 17.8. The number of ether oxygens (including phenoxy) is 1. The third-order valence-electron chi connectivity index (χ3n) is 6.71. The molecule has 30 heavy (non-hydrogen) atoms. The lowest BCUT2D eigenvalue weighted by molar-refractivity contribution is -0.138. The van der Waals surface area contributed by atoms with Crippen molar-refractivity contribution in [2.24, 2.45) is 11.8 Å². The molecule has 0 aromatic heterocycles. The predicted molar refractivity (Wildman–Crippen MR) is 121 cm³/mol. The second kappa shape index (κ2) is 9.57. The fourth-order valence-corrected chi connectivity index (χ4v) is 5.26. The van der Waals surface area contributed by atoms with E-state index in [0.29, 0.717) is 5.02 Å². The zero-order valence-corrected chi connectivity index (χ0v) is 18.5. The van der Waals surface area contributed by atoms with Crippen LogP contribution in [0.2, 0.25) is 5.02 Å². The number of aliphatic carboxylic acids is 1. The van der Waals surface area contributed by atoms with Gasteiger partial charge in [0.25, 0.3) is 0 Å². The summed E-state index contributed by atoms with van der Waals surface area (Å²) in [5.74, 6) is 1.14.